The standard InChI is InChI=1S/C9H12FN/c1-7-6-8(4-5-11)2-3-9(7)10/h2-3,6H,4-5,11H2,1H3. The second-order valence-corrected chi connectivity index (χ2v) is 2.62. The minimum atomic E-state index is -0.147. The first-order valence-electron chi connectivity index (χ1n) is 3.69. The monoisotopic (exact) mass is 153 g/mol. The summed E-state index contributed by atoms with van der Waals surface area (Å²) in [6.45, 7) is 2.38. The second kappa shape index (κ2) is 3.49. The van der Waals surface area contributed by atoms with Gasteiger partial charge in [0.15, 0.2) is 0 Å². The van der Waals surface area contributed by atoms with Gasteiger partial charge in [0, 0.05) is 0 Å². The minimum absolute atomic E-state index is 0.147. The quantitative estimate of drug-likeness (QED) is 0.686. The summed E-state index contributed by atoms with van der Waals surface area (Å²) in [5.41, 5.74) is 7.15. The molecule has 11 heavy (non-hydrogen) atoms. The number of halogens is 1. The van der Waals surface area contributed by atoms with Gasteiger partial charge in [0.1, 0.15) is 5.82 Å². The topological polar surface area (TPSA) is 26.0 Å². The first-order chi connectivity index (χ1) is 5.24. The Balaban J connectivity index is 2.86. The molecular weight excluding hydrogens is 141 g/mol. The lowest BCUT2D eigenvalue weighted by atomic mass is 10.1. The number of hydrogen-bond acceptors (Lipinski definition) is 1. The largest absolute Gasteiger partial charge is 0.330 e. The SMILES string of the molecule is Cc1cc(CCN)ccc1F. The fourth-order valence-corrected chi connectivity index (χ4v) is 1.03. The molecule has 0 fully saturated rings. The van der Waals surface area contributed by atoms with Crippen molar-refractivity contribution in [3.63, 3.8) is 0 Å². The smallest absolute Gasteiger partial charge is 0.126 e. The minimum Gasteiger partial charge on any atom is -0.330 e. The summed E-state index contributed by atoms with van der Waals surface area (Å²) in [5, 5.41) is 0. The lowest BCUT2D eigenvalue weighted by Gasteiger charge is -2.00. The van der Waals surface area contributed by atoms with Crippen LogP contribution in [0.4, 0.5) is 4.39 Å². The summed E-state index contributed by atoms with van der Waals surface area (Å²) < 4.78 is 12.7. The van der Waals surface area contributed by atoms with Crippen LogP contribution in [0.1, 0.15) is 11.1 Å². The van der Waals surface area contributed by atoms with Gasteiger partial charge in [-0.05, 0) is 37.1 Å². The lowest BCUT2D eigenvalue weighted by Crippen LogP contribution is -2.02. The summed E-state index contributed by atoms with van der Waals surface area (Å²) in [5.74, 6) is -0.147. The van der Waals surface area contributed by atoms with Crippen LogP contribution < -0.4 is 5.73 Å². The first-order valence-corrected chi connectivity index (χ1v) is 3.69. The van der Waals surface area contributed by atoms with E-state index in [0.29, 0.717) is 12.1 Å². The molecule has 0 saturated heterocycles. The fraction of sp³-hybridized carbons (Fsp3) is 0.333. The van der Waals surface area contributed by atoms with E-state index in [1.165, 1.54) is 6.07 Å². The zero-order chi connectivity index (χ0) is 8.27. The molecule has 0 aliphatic rings. The van der Waals surface area contributed by atoms with Crippen LogP contribution >= 0.6 is 0 Å². The Morgan fingerprint density at radius 2 is 2.18 bits per heavy atom. The van der Waals surface area contributed by atoms with E-state index in [-0.39, 0.29) is 5.82 Å². The Morgan fingerprint density at radius 3 is 2.73 bits per heavy atom. The maximum Gasteiger partial charge on any atom is 0.126 e. The third-order valence-corrected chi connectivity index (χ3v) is 1.66. The number of aryl methyl sites for hydroxylation is 1. The second-order valence-electron chi connectivity index (χ2n) is 2.62. The van der Waals surface area contributed by atoms with Crippen molar-refractivity contribution in [1.82, 2.24) is 0 Å². The van der Waals surface area contributed by atoms with Crippen LogP contribution in [0, 0.1) is 12.7 Å². The molecular formula is C9H12FN. The van der Waals surface area contributed by atoms with Crippen LogP contribution in [0.15, 0.2) is 18.2 Å². The van der Waals surface area contributed by atoms with Crippen molar-refractivity contribution in [2.45, 2.75) is 13.3 Å². The van der Waals surface area contributed by atoms with Crippen LogP contribution in [-0.2, 0) is 6.42 Å². The van der Waals surface area contributed by atoms with E-state index < -0.39 is 0 Å². The van der Waals surface area contributed by atoms with Crippen LogP contribution in [0.2, 0.25) is 0 Å². The zero-order valence-corrected chi connectivity index (χ0v) is 6.60. The van der Waals surface area contributed by atoms with Gasteiger partial charge in [-0.15, -0.1) is 0 Å². The highest BCUT2D eigenvalue weighted by atomic mass is 19.1. The molecule has 1 aromatic carbocycles. The van der Waals surface area contributed by atoms with Gasteiger partial charge in [-0.2, -0.15) is 0 Å². The van der Waals surface area contributed by atoms with Crippen molar-refractivity contribution in [3.05, 3.63) is 35.1 Å². The maximum atomic E-state index is 12.7. The van der Waals surface area contributed by atoms with Crippen molar-refractivity contribution in [2.24, 2.45) is 5.73 Å². The molecule has 2 heteroatoms. The molecule has 1 aromatic rings. The summed E-state index contributed by atoms with van der Waals surface area (Å²) in [6, 6.07) is 5.09. The first kappa shape index (κ1) is 8.21. The van der Waals surface area contributed by atoms with Gasteiger partial charge >= 0.3 is 0 Å². The Kier molecular flexibility index (Phi) is 2.60. The van der Waals surface area contributed by atoms with E-state index in [1.54, 1.807) is 13.0 Å². The fourth-order valence-electron chi connectivity index (χ4n) is 1.03. The van der Waals surface area contributed by atoms with E-state index >= 15 is 0 Å². The highest BCUT2D eigenvalue weighted by Crippen LogP contribution is 2.08. The molecule has 1 nitrogen and oxygen atoms in total. The van der Waals surface area contributed by atoms with Gasteiger partial charge in [0.05, 0.1) is 0 Å². The highest BCUT2D eigenvalue weighted by Gasteiger charge is 1.96. The molecule has 0 spiro atoms. The van der Waals surface area contributed by atoms with Crippen LogP contribution in [0.3, 0.4) is 0 Å². The third kappa shape index (κ3) is 2.02. The maximum absolute atomic E-state index is 12.7. The Hall–Kier alpha value is -0.890. The summed E-state index contributed by atoms with van der Waals surface area (Å²) in [7, 11) is 0. The van der Waals surface area contributed by atoms with Crippen LogP contribution in [0.25, 0.3) is 0 Å². The van der Waals surface area contributed by atoms with Crippen molar-refractivity contribution in [3.8, 4) is 0 Å². The predicted octanol–water partition coefficient (Wildman–Crippen LogP) is 1.64. The molecule has 0 aromatic heterocycles. The molecule has 0 atom stereocenters. The predicted molar refractivity (Wildman–Crippen MR) is 43.9 cm³/mol. The molecule has 0 radical (unpaired) electrons. The van der Waals surface area contributed by atoms with Gasteiger partial charge in [-0.3, -0.25) is 0 Å². The Bertz CT molecular complexity index is 245. The normalized spacial score (nSPS) is 10.1. The van der Waals surface area contributed by atoms with Gasteiger partial charge in [0.2, 0.25) is 0 Å². The van der Waals surface area contributed by atoms with Crippen molar-refractivity contribution in [2.75, 3.05) is 6.54 Å². The Labute approximate surface area is 66.0 Å². The van der Waals surface area contributed by atoms with Gasteiger partial charge in [0.25, 0.3) is 0 Å². The zero-order valence-electron chi connectivity index (χ0n) is 6.60. The summed E-state index contributed by atoms with van der Waals surface area (Å²) in [4.78, 5) is 0. The van der Waals surface area contributed by atoms with Crippen molar-refractivity contribution in [1.29, 1.82) is 0 Å². The Morgan fingerprint density at radius 1 is 1.45 bits per heavy atom. The average Bonchev–Trinajstić information content (AvgIpc) is 1.98. The molecule has 0 saturated carbocycles. The van der Waals surface area contributed by atoms with E-state index in [0.717, 1.165) is 12.0 Å². The molecule has 60 valence electrons. The van der Waals surface area contributed by atoms with Crippen molar-refractivity contribution < 1.29 is 4.39 Å². The molecule has 0 bridgehead atoms. The molecule has 0 aliphatic heterocycles. The van der Waals surface area contributed by atoms with E-state index in [2.05, 4.69) is 0 Å². The van der Waals surface area contributed by atoms with Crippen LogP contribution in [-0.4, -0.2) is 6.54 Å². The van der Waals surface area contributed by atoms with Gasteiger partial charge in [-0.1, -0.05) is 12.1 Å². The molecule has 0 unspecified atom stereocenters. The molecule has 0 aliphatic carbocycles. The molecule has 2 N–H and O–H groups in total. The summed E-state index contributed by atoms with van der Waals surface area (Å²) >= 11 is 0. The summed E-state index contributed by atoms with van der Waals surface area (Å²) in [6.07, 6.45) is 0.821. The van der Waals surface area contributed by atoms with Crippen LogP contribution in [0.5, 0.6) is 0 Å². The van der Waals surface area contributed by atoms with E-state index in [1.807, 2.05) is 6.07 Å². The van der Waals surface area contributed by atoms with E-state index in [9.17, 15) is 4.39 Å². The average molecular weight is 153 g/mol. The van der Waals surface area contributed by atoms with Gasteiger partial charge in [-0.25, -0.2) is 4.39 Å². The number of benzene rings is 1. The number of nitrogens with two attached hydrogens (primary N) is 1. The number of rotatable bonds is 2. The van der Waals surface area contributed by atoms with Gasteiger partial charge < -0.3 is 5.73 Å². The van der Waals surface area contributed by atoms with Crippen molar-refractivity contribution >= 4 is 0 Å². The molecule has 0 amide bonds. The third-order valence-electron chi connectivity index (χ3n) is 1.66. The molecule has 0 heterocycles. The lowest BCUT2D eigenvalue weighted by molar-refractivity contribution is 0.617. The molecule has 1 rings (SSSR count). The highest BCUT2D eigenvalue weighted by molar-refractivity contribution is 5.23. The van der Waals surface area contributed by atoms with E-state index in [4.69, 9.17) is 5.73 Å². The number of hydrogen-bond donors (Lipinski definition) is 1.